The molecular formula is C13H9F4N3O3. The molecule has 0 saturated heterocycles. The van der Waals surface area contributed by atoms with Crippen molar-refractivity contribution in [2.45, 2.75) is 6.18 Å². The van der Waals surface area contributed by atoms with Gasteiger partial charge in [-0.1, -0.05) is 0 Å². The molecule has 0 aliphatic heterocycles. The lowest BCUT2D eigenvalue weighted by molar-refractivity contribution is -0.142. The second-order valence-electron chi connectivity index (χ2n) is 4.14. The van der Waals surface area contributed by atoms with E-state index < -0.39 is 35.4 Å². The number of hydrogen-bond donors (Lipinski definition) is 0. The van der Waals surface area contributed by atoms with Gasteiger partial charge in [0, 0.05) is 6.20 Å². The first kappa shape index (κ1) is 16.6. The van der Waals surface area contributed by atoms with Gasteiger partial charge in [-0.3, -0.25) is 4.98 Å². The molecule has 0 aromatic carbocycles. The van der Waals surface area contributed by atoms with Gasteiger partial charge in [-0.25, -0.2) is 4.79 Å². The fourth-order valence-corrected chi connectivity index (χ4v) is 1.71. The van der Waals surface area contributed by atoms with Crippen molar-refractivity contribution in [1.29, 1.82) is 0 Å². The summed E-state index contributed by atoms with van der Waals surface area (Å²) in [6, 6.07) is 2.47. The zero-order valence-corrected chi connectivity index (χ0v) is 11.8. The second kappa shape index (κ2) is 6.15. The van der Waals surface area contributed by atoms with Crippen molar-refractivity contribution in [3.8, 4) is 17.4 Å². The number of rotatable bonds is 3. The third-order valence-corrected chi connectivity index (χ3v) is 2.72. The van der Waals surface area contributed by atoms with Crippen LogP contribution in [0.5, 0.6) is 5.88 Å². The summed E-state index contributed by atoms with van der Waals surface area (Å²) in [6.07, 6.45) is -3.83. The van der Waals surface area contributed by atoms with Crippen LogP contribution in [0.2, 0.25) is 0 Å². The van der Waals surface area contributed by atoms with Gasteiger partial charge >= 0.3 is 12.1 Å². The topological polar surface area (TPSA) is 74.2 Å². The van der Waals surface area contributed by atoms with E-state index in [-0.39, 0.29) is 11.3 Å². The zero-order chi connectivity index (χ0) is 17.2. The number of halogens is 4. The Morgan fingerprint density at radius 2 is 1.91 bits per heavy atom. The van der Waals surface area contributed by atoms with E-state index in [0.717, 1.165) is 20.3 Å². The number of nitrogens with zero attached hydrogens (tertiary/aromatic N) is 3. The molecular weight excluding hydrogens is 322 g/mol. The lowest BCUT2D eigenvalue weighted by atomic mass is 10.2. The standard InChI is InChI=1S/C13H9F4N3O3/c1-22-11-8(13(15,16)17)9(14)19-10(20-11)7-5-6(3-4-18-7)12(21)23-2/h3-5H,1-2H3. The van der Waals surface area contributed by atoms with Crippen molar-refractivity contribution in [3.05, 3.63) is 35.4 Å². The van der Waals surface area contributed by atoms with Crippen LogP contribution < -0.4 is 4.74 Å². The van der Waals surface area contributed by atoms with Gasteiger partial charge in [-0.15, -0.1) is 0 Å². The number of carbonyl (C=O) groups excluding carboxylic acids is 1. The summed E-state index contributed by atoms with van der Waals surface area (Å²) in [4.78, 5) is 21.9. The van der Waals surface area contributed by atoms with Crippen LogP contribution in [0.4, 0.5) is 17.6 Å². The summed E-state index contributed by atoms with van der Waals surface area (Å²) >= 11 is 0. The molecule has 0 aliphatic carbocycles. The molecule has 0 amide bonds. The van der Waals surface area contributed by atoms with Gasteiger partial charge in [0.15, 0.2) is 11.4 Å². The first-order valence-corrected chi connectivity index (χ1v) is 6.01. The number of methoxy groups -OCH3 is 2. The third-order valence-electron chi connectivity index (χ3n) is 2.72. The van der Waals surface area contributed by atoms with Gasteiger partial charge < -0.3 is 9.47 Å². The van der Waals surface area contributed by atoms with Gasteiger partial charge in [-0.05, 0) is 12.1 Å². The van der Waals surface area contributed by atoms with Crippen molar-refractivity contribution >= 4 is 5.97 Å². The number of alkyl halides is 3. The van der Waals surface area contributed by atoms with E-state index in [4.69, 9.17) is 0 Å². The van der Waals surface area contributed by atoms with Gasteiger partial charge in [0.05, 0.1) is 19.8 Å². The predicted molar refractivity (Wildman–Crippen MR) is 68.1 cm³/mol. The van der Waals surface area contributed by atoms with E-state index in [0.29, 0.717) is 0 Å². The van der Waals surface area contributed by atoms with Gasteiger partial charge in [-0.2, -0.15) is 27.5 Å². The molecule has 0 radical (unpaired) electrons. The highest BCUT2D eigenvalue weighted by Gasteiger charge is 2.40. The molecule has 122 valence electrons. The van der Waals surface area contributed by atoms with E-state index in [1.54, 1.807) is 0 Å². The maximum atomic E-state index is 13.7. The third kappa shape index (κ3) is 3.35. The largest absolute Gasteiger partial charge is 0.480 e. The molecule has 10 heteroatoms. The summed E-state index contributed by atoms with van der Waals surface area (Å²) in [5.74, 6) is -3.94. The Morgan fingerprint density at radius 1 is 1.22 bits per heavy atom. The molecule has 0 N–H and O–H groups in total. The highest BCUT2D eigenvalue weighted by atomic mass is 19.4. The summed E-state index contributed by atoms with van der Waals surface area (Å²) < 4.78 is 61.0. The first-order valence-electron chi connectivity index (χ1n) is 6.01. The van der Waals surface area contributed by atoms with Gasteiger partial charge in [0.25, 0.3) is 0 Å². The van der Waals surface area contributed by atoms with Crippen molar-refractivity contribution < 1.29 is 31.8 Å². The molecule has 2 rings (SSSR count). The van der Waals surface area contributed by atoms with Crippen LogP contribution in [0, 0.1) is 5.95 Å². The highest BCUT2D eigenvalue weighted by molar-refractivity contribution is 5.90. The van der Waals surface area contributed by atoms with E-state index in [9.17, 15) is 22.4 Å². The summed E-state index contributed by atoms with van der Waals surface area (Å²) in [6.45, 7) is 0. The molecule has 0 aliphatic rings. The fraction of sp³-hybridized carbons (Fsp3) is 0.231. The van der Waals surface area contributed by atoms with Gasteiger partial charge in [0.1, 0.15) is 5.69 Å². The van der Waals surface area contributed by atoms with E-state index in [1.165, 1.54) is 12.3 Å². The number of hydrogen-bond acceptors (Lipinski definition) is 6. The minimum absolute atomic E-state index is 0.0559. The highest BCUT2D eigenvalue weighted by Crippen LogP contribution is 2.37. The molecule has 0 spiro atoms. The van der Waals surface area contributed by atoms with Crippen molar-refractivity contribution in [2.24, 2.45) is 0 Å². The average Bonchev–Trinajstić information content (AvgIpc) is 2.52. The Balaban J connectivity index is 2.58. The van der Waals surface area contributed by atoms with Crippen molar-refractivity contribution in [1.82, 2.24) is 15.0 Å². The molecule has 2 aromatic rings. The van der Waals surface area contributed by atoms with Crippen LogP contribution >= 0.6 is 0 Å². The minimum Gasteiger partial charge on any atom is -0.480 e. The summed E-state index contributed by atoms with van der Waals surface area (Å²) in [7, 11) is 2.07. The van der Waals surface area contributed by atoms with Crippen LogP contribution in [-0.4, -0.2) is 35.1 Å². The Bertz CT molecular complexity index is 750. The quantitative estimate of drug-likeness (QED) is 0.489. The van der Waals surface area contributed by atoms with Crippen LogP contribution in [0.25, 0.3) is 11.5 Å². The summed E-state index contributed by atoms with van der Waals surface area (Å²) in [5.41, 5.74) is -1.77. The molecule has 0 atom stereocenters. The molecule has 2 heterocycles. The van der Waals surface area contributed by atoms with Gasteiger partial charge in [0.2, 0.25) is 11.8 Å². The normalized spacial score (nSPS) is 11.2. The van der Waals surface area contributed by atoms with Crippen molar-refractivity contribution in [3.63, 3.8) is 0 Å². The van der Waals surface area contributed by atoms with E-state index in [2.05, 4.69) is 24.4 Å². The molecule has 0 bridgehead atoms. The number of carbonyl (C=O) groups is 1. The maximum Gasteiger partial charge on any atom is 0.426 e. The van der Waals surface area contributed by atoms with Crippen LogP contribution in [0.1, 0.15) is 15.9 Å². The SMILES string of the molecule is COC(=O)c1ccnc(-c2nc(F)c(C(F)(F)F)c(OC)n2)c1. The molecule has 0 unspecified atom stereocenters. The zero-order valence-electron chi connectivity index (χ0n) is 11.8. The monoisotopic (exact) mass is 331 g/mol. The van der Waals surface area contributed by atoms with E-state index >= 15 is 0 Å². The second-order valence-corrected chi connectivity index (χ2v) is 4.14. The van der Waals surface area contributed by atoms with Crippen LogP contribution in [0.3, 0.4) is 0 Å². The average molecular weight is 331 g/mol. The number of pyridine rings is 1. The molecule has 0 fully saturated rings. The minimum atomic E-state index is -5.02. The number of ether oxygens (including phenoxy) is 2. The van der Waals surface area contributed by atoms with E-state index in [1.807, 2.05) is 0 Å². The van der Waals surface area contributed by atoms with Crippen molar-refractivity contribution in [2.75, 3.05) is 14.2 Å². The number of aromatic nitrogens is 3. The lowest BCUT2D eigenvalue weighted by Gasteiger charge is -2.12. The van der Waals surface area contributed by atoms with Crippen LogP contribution in [0.15, 0.2) is 18.3 Å². The smallest absolute Gasteiger partial charge is 0.426 e. The first-order chi connectivity index (χ1) is 10.8. The van der Waals surface area contributed by atoms with Crippen LogP contribution in [-0.2, 0) is 10.9 Å². The summed E-state index contributed by atoms with van der Waals surface area (Å²) in [5, 5.41) is 0. The maximum absolute atomic E-state index is 13.7. The fourth-order valence-electron chi connectivity index (χ4n) is 1.71. The lowest BCUT2D eigenvalue weighted by Crippen LogP contribution is -2.14. The predicted octanol–water partition coefficient (Wildman–Crippen LogP) is 2.49. The number of esters is 1. The Kier molecular flexibility index (Phi) is 4.43. The molecule has 6 nitrogen and oxygen atoms in total. The molecule has 2 aromatic heterocycles. The molecule has 0 saturated carbocycles. The molecule has 23 heavy (non-hydrogen) atoms. The Hall–Kier alpha value is -2.78. The Labute approximate surface area is 127 Å². The Morgan fingerprint density at radius 3 is 2.48 bits per heavy atom.